The van der Waals surface area contributed by atoms with Gasteiger partial charge in [-0.25, -0.2) is 0 Å². The highest BCUT2D eigenvalue weighted by Crippen LogP contribution is 2.21. The minimum Gasteiger partial charge on any atom is -0.382 e. The smallest absolute Gasteiger partial charge is 0.0354 e. The monoisotopic (exact) mass is 199 g/mol. The fourth-order valence-corrected chi connectivity index (χ4v) is 2.18. The Morgan fingerprint density at radius 2 is 2.00 bits per heavy atom. The molecule has 1 nitrogen and oxygen atoms in total. The Bertz CT molecular complexity index is 356. The normalized spacial score (nSPS) is 17.0. The van der Waals surface area contributed by atoms with Crippen LogP contribution in [-0.2, 0) is 0 Å². The molecule has 0 radical (unpaired) electrons. The Balaban J connectivity index is 2.00. The van der Waals surface area contributed by atoms with Crippen molar-refractivity contribution in [3.63, 3.8) is 0 Å². The number of benzene rings is 1. The van der Waals surface area contributed by atoms with E-state index in [1.165, 1.54) is 32.1 Å². The van der Waals surface area contributed by atoms with Gasteiger partial charge in [-0.05, 0) is 31.0 Å². The average Bonchev–Trinajstić information content (AvgIpc) is 2.31. The molecule has 0 saturated heterocycles. The van der Waals surface area contributed by atoms with E-state index in [4.69, 9.17) is 6.42 Å². The lowest BCUT2D eigenvalue weighted by Gasteiger charge is -2.23. The van der Waals surface area contributed by atoms with E-state index in [2.05, 4.69) is 23.4 Å². The lowest BCUT2D eigenvalue weighted by Crippen LogP contribution is -2.22. The van der Waals surface area contributed by atoms with Crippen LogP contribution in [-0.4, -0.2) is 6.04 Å². The van der Waals surface area contributed by atoms with Crippen LogP contribution in [0.1, 0.15) is 37.7 Å². The molecule has 1 aromatic carbocycles. The zero-order valence-electron chi connectivity index (χ0n) is 9.00. The predicted octanol–water partition coefficient (Wildman–Crippen LogP) is 3.41. The van der Waals surface area contributed by atoms with Gasteiger partial charge in [-0.3, -0.25) is 0 Å². The lowest BCUT2D eigenvalue weighted by molar-refractivity contribution is 0.463. The molecule has 2 rings (SSSR count). The highest BCUT2D eigenvalue weighted by atomic mass is 14.9. The molecule has 15 heavy (non-hydrogen) atoms. The molecule has 0 bridgehead atoms. The van der Waals surface area contributed by atoms with Crippen LogP contribution in [0.15, 0.2) is 24.3 Å². The van der Waals surface area contributed by atoms with E-state index in [9.17, 15) is 0 Å². The molecule has 1 N–H and O–H groups in total. The summed E-state index contributed by atoms with van der Waals surface area (Å²) in [6.07, 6.45) is 12.1. The number of hydrogen-bond acceptors (Lipinski definition) is 1. The largest absolute Gasteiger partial charge is 0.382 e. The summed E-state index contributed by atoms with van der Waals surface area (Å²) in [7, 11) is 0. The van der Waals surface area contributed by atoms with E-state index in [0.717, 1.165) is 11.3 Å². The fraction of sp³-hybridized carbons (Fsp3) is 0.429. The number of anilines is 1. The van der Waals surface area contributed by atoms with Gasteiger partial charge >= 0.3 is 0 Å². The number of hydrogen-bond donors (Lipinski definition) is 1. The van der Waals surface area contributed by atoms with Crippen molar-refractivity contribution in [2.45, 2.75) is 38.1 Å². The first-order valence-electron chi connectivity index (χ1n) is 5.72. The molecular weight excluding hydrogens is 182 g/mol. The molecule has 1 heteroatoms. The maximum absolute atomic E-state index is 5.37. The summed E-state index contributed by atoms with van der Waals surface area (Å²) >= 11 is 0. The van der Waals surface area contributed by atoms with Crippen molar-refractivity contribution in [1.29, 1.82) is 0 Å². The van der Waals surface area contributed by atoms with Gasteiger partial charge in [0.1, 0.15) is 0 Å². The summed E-state index contributed by atoms with van der Waals surface area (Å²) in [5, 5.41) is 3.56. The summed E-state index contributed by atoms with van der Waals surface area (Å²) in [4.78, 5) is 0. The molecule has 1 aliphatic carbocycles. The molecule has 1 aromatic rings. The molecule has 0 aromatic heterocycles. The van der Waals surface area contributed by atoms with Crippen molar-refractivity contribution in [1.82, 2.24) is 0 Å². The van der Waals surface area contributed by atoms with Crippen molar-refractivity contribution in [3.05, 3.63) is 29.8 Å². The molecule has 1 saturated carbocycles. The summed E-state index contributed by atoms with van der Waals surface area (Å²) in [6, 6.07) is 8.77. The number of nitrogens with one attached hydrogen (secondary N) is 1. The summed E-state index contributed by atoms with van der Waals surface area (Å²) in [5.41, 5.74) is 2.12. The minimum atomic E-state index is 0.645. The topological polar surface area (TPSA) is 12.0 Å². The molecule has 78 valence electrons. The number of rotatable bonds is 2. The number of terminal acetylenes is 1. The van der Waals surface area contributed by atoms with E-state index in [1.807, 2.05) is 12.1 Å². The predicted molar refractivity (Wildman–Crippen MR) is 64.9 cm³/mol. The van der Waals surface area contributed by atoms with Gasteiger partial charge in [0.15, 0.2) is 0 Å². The van der Waals surface area contributed by atoms with Crippen LogP contribution in [0.5, 0.6) is 0 Å². The Morgan fingerprint density at radius 1 is 1.20 bits per heavy atom. The molecule has 0 amide bonds. The maximum Gasteiger partial charge on any atom is 0.0354 e. The standard InChI is InChI=1S/C14H17N/c1-2-12-7-6-10-14(11-12)15-13-8-4-3-5-9-13/h1,6-7,10-11,13,15H,3-5,8-9H2. The third kappa shape index (κ3) is 2.76. The Hall–Kier alpha value is -1.42. The highest BCUT2D eigenvalue weighted by molar-refractivity contribution is 5.50. The molecule has 0 aliphatic heterocycles. The molecular formula is C14H17N. The summed E-state index contributed by atoms with van der Waals surface area (Å²) < 4.78 is 0. The van der Waals surface area contributed by atoms with Crippen LogP contribution in [0.2, 0.25) is 0 Å². The van der Waals surface area contributed by atoms with Gasteiger partial charge in [0, 0.05) is 17.3 Å². The van der Waals surface area contributed by atoms with Crippen LogP contribution in [0.3, 0.4) is 0 Å². The molecule has 1 aliphatic rings. The third-order valence-corrected chi connectivity index (χ3v) is 3.01. The van der Waals surface area contributed by atoms with Crippen LogP contribution < -0.4 is 5.32 Å². The van der Waals surface area contributed by atoms with Crippen molar-refractivity contribution in [2.75, 3.05) is 5.32 Å². The zero-order chi connectivity index (χ0) is 10.5. The van der Waals surface area contributed by atoms with Gasteiger partial charge in [0.25, 0.3) is 0 Å². The van der Waals surface area contributed by atoms with Gasteiger partial charge in [0.05, 0.1) is 0 Å². The molecule has 0 atom stereocenters. The second-order valence-electron chi connectivity index (χ2n) is 4.20. The van der Waals surface area contributed by atoms with Crippen molar-refractivity contribution < 1.29 is 0 Å². The molecule has 1 fully saturated rings. The Morgan fingerprint density at radius 3 is 2.73 bits per heavy atom. The maximum atomic E-state index is 5.37. The van der Waals surface area contributed by atoms with E-state index < -0.39 is 0 Å². The zero-order valence-corrected chi connectivity index (χ0v) is 9.00. The van der Waals surface area contributed by atoms with Gasteiger partial charge in [-0.1, -0.05) is 31.2 Å². The highest BCUT2D eigenvalue weighted by Gasteiger charge is 2.12. The SMILES string of the molecule is C#Cc1cccc(NC2CCCCC2)c1. The lowest BCUT2D eigenvalue weighted by atomic mass is 9.95. The average molecular weight is 199 g/mol. The van der Waals surface area contributed by atoms with Crippen molar-refractivity contribution in [2.24, 2.45) is 0 Å². The van der Waals surface area contributed by atoms with Gasteiger partial charge in [0.2, 0.25) is 0 Å². The molecule has 0 unspecified atom stereocenters. The first-order valence-corrected chi connectivity index (χ1v) is 5.72. The van der Waals surface area contributed by atoms with E-state index in [-0.39, 0.29) is 0 Å². The Labute approximate surface area is 91.9 Å². The first-order chi connectivity index (χ1) is 7.38. The van der Waals surface area contributed by atoms with Crippen LogP contribution in [0, 0.1) is 12.3 Å². The second kappa shape index (κ2) is 4.89. The van der Waals surface area contributed by atoms with Crippen LogP contribution in [0.4, 0.5) is 5.69 Å². The van der Waals surface area contributed by atoms with Crippen LogP contribution >= 0.6 is 0 Å². The van der Waals surface area contributed by atoms with Gasteiger partial charge < -0.3 is 5.32 Å². The first kappa shape index (κ1) is 10.1. The fourth-order valence-electron chi connectivity index (χ4n) is 2.18. The van der Waals surface area contributed by atoms with Crippen molar-refractivity contribution >= 4 is 5.69 Å². The van der Waals surface area contributed by atoms with Crippen molar-refractivity contribution in [3.8, 4) is 12.3 Å². The van der Waals surface area contributed by atoms with Gasteiger partial charge in [-0.2, -0.15) is 0 Å². The Kier molecular flexibility index (Phi) is 3.29. The third-order valence-electron chi connectivity index (χ3n) is 3.01. The molecule has 0 spiro atoms. The quantitative estimate of drug-likeness (QED) is 0.720. The molecule has 0 heterocycles. The van der Waals surface area contributed by atoms with E-state index in [1.54, 1.807) is 0 Å². The van der Waals surface area contributed by atoms with E-state index >= 15 is 0 Å². The van der Waals surface area contributed by atoms with Gasteiger partial charge in [-0.15, -0.1) is 6.42 Å². The summed E-state index contributed by atoms with van der Waals surface area (Å²) in [5.74, 6) is 2.66. The van der Waals surface area contributed by atoms with Crippen LogP contribution in [0.25, 0.3) is 0 Å². The van der Waals surface area contributed by atoms with E-state index in [0.29, 0.717) is 6.04 Å². The minimum absolute atomic E-state index is 0.645. The summed E-state index contributed by atoms with van der Waals surface area (Å²) in [6.45, 7) is 0. The second-order valence-corrected chi connectivity index (χ2v) is 4.20.